The van der Waals surface area contributed by atoms with Gasteiger partial charge in [-0.3, -0.25) is 4.79 Å². The van der Waals surface area contributed by atoms with Gasteiger partial charge in [0.1, 0.15) is 0 Å². The predicted octanol–water partition coefficient (Wildman–Crippen LogP) is 3.27. The average molecular weight is 363 g/mol. The Kier molecular flexibility index (Phi) is 4.81. The van der Waals surface area contributed by atoms with E-state index in [0.29, 0.717) is 5.56 Å². The molecule has 0 radical (unpaired) electrons. The highest BCUT2D eigenvalue weighted by Gasteiger charge is 2.17. The van der Waals surface area contributed by atoms with E-state index in [2.05, 4.69) is 45.0 Å². The Labute approximate surface area is 159 Å². The van der Waals surface area contributed by atoms with Gasteiger partial charge >= 0.3 is 0 Å². The maximum atomic E-state index is 12.6. The molecule has 4 rings (SSSR count). The summed E-state index contributed by atoms with van der Waals surface area (Å²) in [6.45, 7) is 9.72. The highest BCUT2D eigenvalue weighted by atomic mass is 16.1. The van der Waals surface area contributed by atoms with E-state index < -0.39 is 0 Å². The highest BCUT2D eigenvalue weighted by Crippen LogP contribution is 2.25. The maximum Gasteiger partial charge on any atom is 0.255 e. The van der Waals surface area contributed by atoms with Gasteiger partial charge in [0, 0.05) is 43.1 Å². The monoisotopic (exact) mass is 363 g/mol. The fourth-order valence-corrected chi connectivity index (χ4v) is 3.67. The van der Waals surface area contributed by atoms with Crippen molar-refractivity contribution in [3.05, 3.63) is 53.9 Å². The molecule has 2 heterocycles. The Hall–Kier alpha value is -2.86. The van der Waals surface area contributed by atoms with Gasteiger partial charge in [-0.05, 0) is 55.4 Å². The van der Waals surface area contributed by atoms with Gasteiger partial charge in [0.2, 0.25) is 0 Å². The SMILES string of the molecule is CCN1CCN(c2ccc(NC(=O)c3ccc4nc[nH]c4c3)cc2C)CC1. The summed E-state index contributed by atoms with van der Waals surface area (Å²) >= 11 is 0. The Morgan fingerprint density at radius 1 is 1.15 bits per heavy atom. The van der Waals surface area contributed by atoms with Crippen LogP contribution in [-0.2, 0) is 0 Å². The van der Waals surface area contributed by atoms with Crippen molar-refractivity contribution in [3.63, 3.8) is 0 Å². The van der Waals surface area contributed by atoms with Gasteiger partial charge < -0.3 is 20.1 Å². The highest BCUT2D eigenvalue weighted by molar-refractivity contribution is 6.06. The van der Waals surface area contributed by atoms with Gasteiger partial charge in [0.05, 0.1) is 17.4 Å². The number of imidazole rings is 1. The lowest BCUT2D eigenvalue weighted by Gasteiger charge is -2.36. The van der Waals surface area contributed by atoms with E-state index >= 15 is 0 Å². The summed E-state index contributed by atoms with van der Waals surface area (Å²) in [5.74, 6) is -0.116. The van der Waals surface area contributed by atoms with Crippen LogP contribution < -0.4 is 10.2 Å². The van der Waals surface area contributed by atoms with Crippen molar-refractivity contribution in [2.24, 2.45) is 0 Å². The Bertz CT molecular complexity index is 956. The van der Waals surface area contributed by atoms with Crippen LogP contribution in [0.4, 0.5) is 11.4 Å². The third-order valence-corrected chi connectivity index (χ3v) is 5.30. The van der Waals surface area contributed by atoms with Crippen molar-refractivity contribution in [1.82, 2.24) is 14.9 Å². The van der Waals surface area contributed by atoms with Crippen LogP contribution in [0, 0.1) is 6.92 Å². The van der Waals surface area contributed by atoms with Crippen LogP contribution in [0.15, 0.2) is 42.7 Å². The van der Waals surface area contributed by atoms with E-state index in [1.54, 1.807) is 12.4 Å². The number of aryl methyl sites for hydroxylation is 1. The van der Waals surface area contributed by atoms with Gasteiger partial charge in [-0.15, -0.1) is 0 Å². The topological polar surface area (TPSA) is 64.3 Å². The molecule has 1 saturated heterocycles. The summed E-state index contributed by atoms with van der Waals surface area (Å²) in [6.07, 6.45) is 1.63. The van der Waals surface area contributed by atoms with Gasteiger partial charge in [-0.1, -0.05) is 6.92 Å². The number of benzene rings is 2. The van der Waals surface area contributed by atoms with E-state index in [9.17, 15) is 4.79 Å². The number of aromatic amines is 1. The Morgan fingerprint density at radius 3 is 2.70 bits per heavy atom. The van der Waals surface area contributed by atoms with E-state index in [-0.39, 0.29) is 5.91 Å². The predicted molar refractivity (Wildman–Crippen MR) is 110 cm³/mol. The molecule has 1 aliphatic heterocycles. The second-order valence-corrected chi connectivity index (χ2v) is 7.01. The van der Waals surface area contributed by atoms with Crippen molar-refractivity contribution < 1.29 is 4.79 Å². The number of carbonyl (C=O) groups is 1. The number of piperazine rings is 1. The van der Waals surface area contributed by atoms with Crippen LogP contribution in [0.3, 0.4) is 0 Å². The number of aromatic nitrogens is 2. The second-order valence-electron chi connectivity index (χ2n) is 7.01. The number of nitrogens with zero attached hydrogens (tertiary/aromatic N) is 3. The van der Waals surface area contributed by atoms with E-state index in [1.165, 1.54) is 11.3 Å². The number of amides is 1. The molecule has 1 fully saturated rings. The molecule has 6 nitrogen and oxygen atoms in total. The maximum absolute atomic E-state index is 12.6. The van der Waals surface area contributed by atoms with E-state index in [4.69, 9.17) is 0 Å². The van der Waals surface area contributed by atoms with E-state index in [0.717, 1.165) is 49.4 Å². The van der Waals surface area contributed by atoms with Crippen molar-refractivity contribution in [2.45, 2.75) is 13.8 Å². The van der Waals surface area contributed by atoms with Gasteiger partial charge in [-0.25, -0.2) is 4.98 Å². The fourth-order valence-electron chi connectivity index (χ4n) is 3.67. The minimum atomic E-state index is -0.116. The van der Waals surface area contributed by atoms with Crippen molar-refractivity contribution >= 4 is 28.3 Å². The lowest BCUT2D eigenvalue weighted by molar-refractivity contribution is 0.102. The molecule has 140 valence electrons. The number of rotatable bonds is 4. The summed E-state index contributed by atoms with van der Waals surface area (Å²) < 4.78 is 0. The zero-order valence-electron chi connectivity index (χ0n) is 15.8. The summed E-state index contributed by atoms with van der Waals surface area (Å²) in [7, 11) is 0. The van der Waals surface area contributed by atoms with Gasteiger partial charge in [-0.2, -0.15) is 0 Å². The first kappa shape index (κ1) is 17.5. The first-order chi connectivity index (χ1) is 13.1. The first-order valence-corrected chi connectivity index (χ1v) is 9.46. The van der Waals surface area contributed by atoms with Gasteiger partial charge in [0.15, 0.2) is 0 Å². The number of anilines is 2. The largest absolute Gasteiger partial charge is 0.369 e. The molecule has 0 bridgehead atoms. The standard InChI is InChI=1S/C21H25N5O/c1-3-25-8-10-26(11-9-25)20-7-5-17(12-15(20)2)24-21(27)16-4-6-18-19(13-16)23-14-22-18/h4-7,12-14H,3,8-11H2,1-2H3,(H,22,23)(H,24,27). The van der Waals surface area contributed by atoms with Crippen LogP contribution in [0.5, 0.6) is 0 Å². The molecule has 0 spiro atoms. The third kappa shape index (κ3) is 3.66. The Balaban J connectivity index is 1.46. The molecule has 0 saturated carbocycles. The normalized spacial score (nSPS) is 15.3. The third-order valence-electron chi connectivity index (χ3n) is 5.30. The van der Waals surface area contributed by atoms with Crippen molar-refractivity contribution in [1.29, 1.82) is 0 Å². The molecule has 3 aromatic rings. The summed E-state index contributed by atoms with van der Waals surface area (Å²) in [6, 6.07) is 11.6. The molecule has 27 heavy (non-hydrogen) atoms. The molecule has 1 aromatic heterocycles. The summed E-state index contributed by atoms with van der Waals surface area (Å²) in [4.78, 5) is 24.7. The molecular weight excluding hydrogens is 338 g/mol. The lowest BCUT2D eigenvalue weighted by Crippen LogP contribution is -2.46. The smallest absolute Gasteiger partial charge is 0.255 e. The summed E-state index contributed by atoms with van der Waals surface area (Å²) in [5.41, 5.74) is 5.59. The zero-order valence-corrected chi connectivity index (χ0v) is 15.8. The number of likely N-dealkylation sites (N-methyl/N-ethyl adjacent to an activating group) is 1. The van der Waals surface area contributed by atoms with E-state index in [1.807, 2.05) is 24.3 Å². The summed E-state index contributed by atoms with van der Waals surface area (Å²) in [5, 5.41) is 3.00. The first-order valence-electron chi connectivity index (χ1n) is 9.46. The molecule has 2 aromatic carbocycles. The number of fused-ring (bicyclic) bond motifs is 1. The molecule has 1 aliphatic rings. The number of hydrogen-bond donors (Lipinski definition) is 2. The van der Waals surface area contributed by atoms with Crippen LogP contribution in [0.2, 0.25) is 0 Å². The van der Waals surface area contributed by atoms with Crippen LogP contribution in [-0.4, -0.2) is 53.5 Å². The Morgan fingerprint density at radius 2 is 1.96 bits per heavy atom. The van der Waals surface area contributed by atoms with Crippen molar-refractivity contribution in [3.8, 4) is 0 Å². The second kappa shape index (κ2) is 7.40. The number of nitrogens with one attached hydrogen (secondary N) is 2. The zero-order chi connectivity index (χ0) is 18.8. The van der Waals surface area contributed by atoms with Crippen molar-refractivity contribution in [2.75, 3.05) is 42.9 Å². The van der Waals surface area contributed by atoms with Crippen LogP contribution >= 0.6 is 0 Å². The quantitative estimate of drug-likeness (QED) is 0.747. The minimum absolute atomic E-state index is 0.116. The number of H-pyrrole nitrogens is 1. The lowest BCUT2D eigenvalue weighted by atomic mass is 10.1. The molecular formula is C21H25N5O. The molecule has 1 amide bonds. The van der Waals surface area contributed by atoms with Crippen LogP contribution in [0.25, 0.3) is 11.0 Å². The number of hydrogen-bond acceptors (Lipinski definition) is 4. The molecule has 2 N–H and O–H groups in total. The molecule has 0 atom stereocenters. The number of carbonyl (C=O) groups excluding carboxylic acids is 1. The van der Waals surface area contributed by atoms with Gasteiger partial charge in [0.25, 0.3) is 5.91 Å². The fraction of sp³-hybridized carbons (Fsp3) is 0.333. The minimum Gasteiger partial charge on any atom is -0.369 e. The molecule has 6 heteroatoms. The molecule has 0 unspecified atom stereocenters. The molecule has 0 aliphatic carbocycles. The average Bonchev–Trinajstić information content (AvgIpc) is 3.16. The van der Waals surface area contributed by atoms with Crippen LogP contribution in [0.1, 0.15) is 22.8 Å².